The lowest BCUT2D eigenvalue weighted by molar-refractivity contribution is -0.0824. The van der Waals surface area contributed by atoms with Gasteiger partial charge in [-0.25, -0.2) is 9.78 Å². The second kappa shape index (κ2) is 4.06. The average molecular weight is 291 g/mol. The van der Waals surface area contributed by atoms with Gasteiger partial charge in [-0.05, 0) is 12.8 Å². The maximum Gasteiger partial charge on any atom is 0.330 e. The number of fused-ring (bicyclic) bond motifs is 2. The highest BCUT2D eigenvalue weighted by atomic mass is 32.1. The van der Waals surface area contributed by atoms with E-state index in [0.717, 1.165) is 11.3 Å². The van der Waals surface area contributed by atoms with Gasteiger partial charge in [0.2, 0.25) is 0 Å². The monoisotopic (exact) mass is 291 g/mol. The van der Waals surface area contributed by atoms with Crippen molar-refractivity contribution in [1.29, 1.82) is 0 Å². The van der Waals surface area contributed by atoms with E-state index in [9.17, 15) is 13.6 Å². The van der Waals surface area contributed by atoms with Crippen LogP contribution in [0.15, 0.2) is 11.6 Å². The number of hydrogen-bond acceptors (Lipinski definition) is 4. The molecule has 0 N–H and O–H groups in total. The molecule has 8 heteroatoms. The van der Waals surface area contributed by atoms with Crippen LogP contribution in [-0.4, -0.2) is 38.8 Å². The van der Waals surface area contributed by atoms with E-state index in [0.29, 0.717) is 13.0 Å². The zero-order valence-corrected chi connectivity index (χ0v) is 11.0. The molecular weight excluding hydrogens is 280 g/mol. The van der Waals surface area contributed by atoms with Gasteiger partial charge in [0.15, 0.2) is 5.01 Å². The first-order valence-corrected chi connectivity index (χ1v) is 6.86. The highest BCUT2D eigenvalue weighted by Crippen LogP contribution is 2.43. The quantitative estimate of drug-likeness (QED) is 0.849. The summed E-state index contributed by atoms with van der Waals surface area (Å²) in [5.41, 5.74) is 0. The summed E-state index contributed by atoms with van der Waals surface area (Å²) < 4.78 is 29.9. The number of rotatable bonds is 2. The Labute approximate surface area is 112 Å². The minimum Gasteiger partial charge on any atom is -0.312 e. The second-order valence-electron chi connectivity index (χ2n) is 4.49. The van der Waals surface area contributed by atoms with Crippen LogP contribution in [0.2, 0.25) is 0 Å². The highest BCUT2D eigenvalue weighted by Gasteiger charge is 2.54. The van der Waals surface area contributed by atoms with Crippen LogP contribution in [-0.2, 0) is 5.92 Å². The number of thiazole rings is 1. The van der Waals surface area contributed by atoms with Crippen molar-refractivity contribution in [2.24, 2.45) is 0 Å². The first kappa shape index (κ1) is 12.2. The number of piperidine rings is 1. The highest BCUT2D eigenvalue weighted by molar-refractivity contribution is 7.78. The van der Waals surface area contributed by atoms with Crippen molar-refractivity contribution < 1.29 is 13.6 Å². The lowest BCUT2D eigenvalue weighted by atomic mass is 9.96. The molecule has 0 aliphatic carbocycles. The van der Waals surface area contributed by atoms with Crippen LogP contribution in [0.3, 0.4) is 0 Å². The fourth-order valence-corrected chi connectivity index (χ4v) is 3.53. The molecular formula is C10H11F2N3OS2. The molecule has 0 spiro atoms. The summed E-state index contributed by atoms with van der Waals surface area (Å²) in [4.78, 5) is 16.8. The van der Waals surface area contributed by atoms with Crippen LogP contribution in [0.5, 0.6) is 0 Å². The summed E-state index contributed by atoms with van der Waals surface area (Å²) in [5, 5.41) is 1.29. The minimum absolute atomic E-state index is 0.0517. The molecule has 0 unspecified atom stereocenters. The third kappa shape index (κ3) is 1.62. The van der Waals surface area contributed by atoms with E-state index in [2.05, 4.69) is 17.8 Å². The van der Waals surface area contributed by atoms with Gasteiger partial charge in [0.25, 0.3) is 0 Å². The number of amides is 2. The summed E-state index contributed by atoms with van der Waals surface area (Å²) in [6.45, 7) is 0.327. The van der Waals surface area contributed by atoms with Crippen molar-refractivity contribution in [3.05, 3.63) is 16.6 Å². The van der Waals surface area contributed by atoms with Crippen LogP contribution < -0.4 is 0 Å². The molecule has 0 aromatic carbocycles. The van der Waals surface area contributed by atoms with Gasteiger partial charge in [0, 0.05) is 18.1 Å². The Morgan fingerprint density at radius 3 is 2.94 bits per heavy atom. The van der Waals surface area contributed by atoms with Gasteiger partial charge >= 0.3 is 12.0 Å². The fourth-order valence-electron chi connectivity index (χ4n) is 2.56. The van der Waals surface area contributed by atoms with Crippen molar-refractivity contribution in [2.45, 2.75) is 30.8 Å². The predicted molar refractivity (Wildman–Crippen MR) is 65.7 cm³/mol. The van der Waals surface area contributed by atoms with Gasteiger partial charge in [-0.2, -0.15) is 8.78 Å². The molecule has 2 bridgehead atoms. The second-order valence-corrected chi connectivity index (χ2v) is 5.81. The van der Waals surface area contributed by atoms with Crippen molar-refractivity contribution >= 4 is 30.2 Å². The van der Waals surface area contributed by atoms with Crippen LogP contribution in [0.25, 0.3) is 0 Å². The SMILES string of the molecule is O=C1N(S)[C@@H]2CC[C@@H](C(F)(F)c3nccs3)N1C2. The van der Waals surface area contributed by atoms with Gasteiger partial charge in [0.05, 0.1) is 6.04 Å². The summed E-state index contributed by atoms with van der Waals surface area (Å²) in [5.74, 6) is -3.09. The molecule has 0 radical (unpaired) electrons. The number of nitrogens with zero attached hydrogens (tertiary/aromatic N) is 3. The molecule has 2 aliphatic rings. The van der Waals surface area contributed by atoms with Gasteiger partial charge in [0.1, 0.15) is 6.04 Å². The van der Waals surface area contributed by atoms with Crippen LogP contribution in [0, 0.1) is 0 Å². The number of urea groups is 1. The van der Waals surface area contributed by atoms with Gasteiger partial charge in [-0.3, -0.25) is 4.31 Å². The molecule has 2 atom stereocenters. The molecule has 1 aromatic rings. The lowest BCUT2D eigenvalue weighted by Crippen LogP contribution is -2.49. The van der Waals surface area contributed by atoms with Crippen molar-refractivity contribution in [1.82, 2.24) is 14.2 Å². The Hall–Kier alpha value is -0.890. The van der Waals surface area contributed by atoms with E-state index < -0.39 is 18.0 Å². The van der Waals surface area contributed by atoms with Crippen LogP contribution >= 0.6 is 24.2 Å². The van der Waals surface area contributed by atoms with Gasteiger partial charge in [-0.1, -0.05) is 12.8 Å². The molecule has 1 aromatic heterocycles. The number of thiol groups is 1. The first-order chi connectivity index (χ1) is 8.51. The molecule has 4 nitrogen and oxygen atoms in total. The first-order valence-electron chi connectivity index (χ1n) is 5.58. The number of halogens is 2. The van der Waals surface area contributed by atoms with Crippen molar-refractivity contribution in [2.75, 3.05) is 6.54 Å². The van der Waals surface area contributed by atoms with Gasteiger partial charge in [-0.15, -0.1) is 11.3 Å². The molecule has 2 saturated heterocycles. The third-order valence-electron chi connectivity index (χ3n) is 3.48. The minimum atomic E-state index is -3.09. The van der Waals surface area contributed by atoms with E-state index in [4.69, 9.17) is 0 Å². The number of carbonyl (C=O) groups excluding carboxylic acids is 1. The summed E-state index contributed by atoms with van der Waals surface area (Å²) in [6, 6.07) is -1.59. The fraction of sp³-hybridized carbons (Fsp3) is 0.600. The van der Waals surface area contributed by atoms with E-state index in [-0.39, 0.29) is 17.5 Å². The molecule has 3 heterocycles. The number of alkyl halides is 2. The van der Waals surface area contributed by atoms with Crippen molar-refractivity contribution in [3.8, 4) is 0 Å². The predicted octanol–water partition coefficient (Wildman–Crippen LogP) is 2.35. The van der Waals surface area contributed by atoms with E-state index in [1.165, 1.54) is 20.8 Å². The van der Waals surface area contributed by atoms with E-state index in [1.807, 2.05) is 0 Å². The lowest BCUT2D eigenvalue weighted by Gasteiger charge is -2.35. The largest absolute Gasteiger partial charge is 0.330 e. The normalized spacial score (nSPS) is 28.1. The Morgan fingerprint density at radius 2 is 2.28 bits per heavy atom. The van der Waals surface area contributed by atoms with Crippen LogP contribution in [0.1, 0.15) is 17.8 Å². The number of aromatic nitrogens is 1. The summed E-state index contributed by atoms with van der Waals surface area (Å²) in [6.07, 6.45) is 2.19. The summed E-state index contributed by atoms with van der Waals surface area (Å²) >= 11 is 4.98. The smallest absolute Gasteiger partial charge is 0.312 e. The summed E-state index contributed by atoms with van der Waals surface area (Å²) in [7, 11) is 0. The Morgan fingerprint density at radius 1 is 1.50 bits per heavy atom. The standard InChI is InChI=1S/C10H11F2N3OS2/c11-10(12,8-13-3-4-18-8)7-2-1-6-5-14(7)9(16)15(6)17/h3-4,6-7,17H,1-2,5H2/t6-,7+/m1/s1. The van der Waals surface area contributed by atoms with Crippen LogP contribution in [0.4, 0.5) is 13.6 Å². The van der Waals surface area contributed by atoms with E-state index in [1.54, 1.807) is 0 Å². The Balaban J connectivity index is 1.91. The van der Waals surface area contributed by atoms with Gasteiger partial charge < -0.3 is 4.90 Å². The third-order valence-corrected chi connectivity index (χ3v) is 4.84. The Kier molecular flexibility index (Phi) is 2.74. The molecule has 2 aliphatic heterocycles. The van der Waals surface area contributed by atoms with Crippen molar-refractivity contribution in [3.63, 3.8) is 0 Å². The Bertz CT molecular complexity index is 468. The molecule has 2 amide bonds. The molecule has 0 saturated carbocycles. The number of hydrogen-bond donors (Lipinski definition) is 1. The molecule has 18 heavy (non-hydrogen) atoms. The topological polar surface area (TPSA) is 36.4 Å². The molecule has 3 rings (SSSR count). The average Bonchev–Trinajstić information content (AvgIpc) is 2.96. The molecule has 2 fully saturated rings. The zero-order valence-electron chi connectivity index (χ0n) is 9.29. The maximum absolute atomic E-state index is 14.3. The number of carbonyl (C=O) groups is 1. The van der Waals surface area contributed by atoms with E-state index >= 15 is 0 Å². The zero-order chi connectivity index (χ0) is 12.9. The maximum atomic E-state index is 14.3. The molecule has 98 valence electrons.